The summed E-state index contributed by atoms with van der Waals surface area (Å²) in [5, 5.41) is 2.23. The first-order valence-corrected chi connectivity index (χ1v) is 25.4. The summed E-state index contributed by atoms with van der Waals surface area (Å²) in [4.78, 5) is 14.1. The van der Waals surface area contributed by atoms with Crippen LogP contribution in [-0.4, -0.2) is 15.0 Å². The standard InChI is InChI=1S/C71H50N3.Ir/c1-3-13-54(14-4-1)56-33-35-57(36-34-56)68-49-62(71-65-39-37-60(48-61(65)41-44-74-71)55-15-5-2-6-16-55)38-40-67(68)66-18-8-7-17-64(66)63-46-52(23-21-50-25-29-58(30-26-50)69-19-9-11-42-72-69)45-53(47-63)24-22-51-27-31-59(32-28-51)70-20-10-12-43-73-70;/h1-20,25-29,31,33-37,39-49H,21-24H2;/q-3;+3. The van der Waals surface area contributed by atoms with Gasteiger partial charge in [0.1, 0.15) is 0 Å². The van der Waals surface area contributed by atoms with Crippen molar-refractivity contribution < 1.29 is 20.1 Å². The molecule has 0 aliphatic carbocycles. The predicted octanol–water partition coefficient (Wildman–Crippen LogP) is 17.3. The van der Waals surface area contributed by atoms with Crippen LogP contribution >= 0.6 is 0 Å². The summed E-state index contributed by atoms with van der Waals surface area (Å²) in [6.45, 7) is 0. The maximum absolute atomic E-state index is 5.03. The Balaban J connectivity index is 0.00000602. The smallest absolute Gasteiger partial charge is 0.305 e. The average Bonchev–Trinajstić information content (AvgIpc) is 3.49. The fourth-order valence-electron chi connectivity index (χ4n) is 10.1. The second-order valence-electron chi connectivity index (χ2n) is 18.8. The quantitative estimate of drug-likeness (QED) is 0.102. The minimum Gasteiger partial charge on any atom is -0.305 e. The van der Waals surface area contributed by atoms with E-state index in [1.165, 1.54) is 55.6 Å². The van der Waals surface area contributed by atoms with Crippen LogP contribution in [0.2, 0.25) is 0 Å². The van der Waals surface area contributed by atoms with Gasteiger partial charge in [0.25, 0.3) is 0 Å². The van der Waals surface area contributed by atoms with E-state index in [9.17, 15) is 0 Å². The van der Waals surface area contributed by atoms with Gasteiger partial charge in [-0.15, -0.1) is 94.5 Å². The van der Waals surface area contributed by atoms with Crippen molar-refractivity contribution in [2.45, 2.75) is 25.7 Å². The molecule has 0 aliphatic heterocycles. The molecule has 0 N–H and O–H groups in total. The predicted molar refractivity (Wildman–Crippen MR) is 305 cm³/mol. The first kappa shape index (κ1) is 48.6. The number of aromatic nitrogens is 3. The summed E-state index contributed by atoms with van der Waals surface area (Å²) in [6, 6.07) is 95.2. The van der Waals surface area contributed by atoms with Gasteiger partial charge in [-0.1, -0.05) is 193 Å². The molecule has 4 heteroatoms. The Morgan fingerprint density at radius 1 is 0.293 bits per heavy atom. The first-order chi connectivity index (χ1) is 36.6. The Bertz CT molecular complexity index is 3740. The first-order valence-electron chi connectivity index (χ1n) is 25.4. The molecule has 3 heterocycles. The Morgan fingerprint density at radius 2 is 0.813 bits per heavy atom. The van der Waals surface area contributed by atoms with Gasteiger partial charge in [0, 0.05) is 18.6 Å². The Labute approximate surface area is 453 Å². The molecule has 0 fully saturated rings. The molecule has 0 saturated heterocycles. The summed E-state index contributed by atoms with van der Waals surface area (Å²) in [5.74, 6) is 0. The number of pyridine rings is 3. The number of fused-ring (bicyclic) bond motifs is 1. The topological polar surface area (TPSA) is 38.7 Å². The molecule has 9 aromatic carbocycles. The second kappa shape index (κ2) is 22.6. The van der Waals surface area contributed by atoms with Crippen molar-refractivity contribution in [3.05, 3.63) is 296 Å². The van der Waals surface area contributed by atoms with Gasteiger partial charge in [0.05, 0.1) is 0 Å². The van der Waals surface area contributed by atoms with Gasteiger partial charge in [-0.05, 0) is 115 Å². The van der Waals surface area contributed by atoms with Crippen LogP contribution in [0.25, 0.3) is 100 Å². The van der Waals surface area contributed by atoms with Crippen molar-refractivity contribution in [3.8, 4) is 89.4 Å². The Hall–Kier alpha value is -8.66. The maximum atomic E-state index is 5.03. The monoisotopic (exact) mass is 1140 g/mol. The molecule has 0 unspecified atom stereocenters. The molecule has 12 rings (SSSR count). The number of nitrogens with zero attached hydrogens (tertiary/aromatic N) is 3. The van der Waals surface area contributed by atoms with Crippen LogP contribution in [0, 0.1) is 18.2 Å². The third-order valence-electron chi connectivity index (χ3n) is 14.0. The molecule has 3 aromatic heterocycles. The van der Waals surface area contributed by atoms with Gasteiger partial charge >= 0.3 is 20.1 Å². The molecule has 12 aromatic rings. The van der Waals surface area contributed by atoms with Crippen molar-refractivity contribution in [2.75, 3.05) is 0 Å². The number of rotatable bonds is 14. The number of aryl methyl sites for hydroxylation is 4. The molecule has 0 aliphatic rings. The van der Waals surface area contributed by atoms with E-state index >= 15 is 0 Å². The zero-order valence-corrected chi connectivity index (χ0v) is 43.6. The van der Waals surface area contributed by atoms with Crippen molar-refractivity contribution in [1.82, 2.24) is 15.0 Å². The van der Waals surface area contributed by atoms with Crippen molar-refractivity contribution in [1.29, 1.82) is 0 Å². The SMILES string of the molecule is [Ir+3].[c-]1cc(CCc2cc(CCc3c[c-]c(-c4ccccn4)cc3)cc(-c3ccccc3-c3c[c-]c(-c4nccc5cc(-c6ccccc6)ccc45)cc3-c3ccc(-c4ccccc4)cc3)c2)ccc1-c1ccccn1. The van der Waals surface area contributed by atoms with E-state index in [4.69, 9.17) is 4.98 Å². The van der Waals surface area contributed by atoms with Crippen LogP contribution in [0.5, 0.6) is 0 Å². The zero-order chi connectivity index (χ0) is 49.5. The largest absolute Gasteiger partial charge is 3.00 e. The average molecular weight is 1140 g/mol. The molecule has 0 amide bonds. The van der Waals surface area contributed by atoms with Gasteiger partial charge in [0.15, 0.2) is 0 Å². The van der Waals surface area contributed by atoms with Crippen LogP contribution < -0.4 is 0 Å². The summed E-state index contributed by atoms with van der Waals surface area (Å²) in [5.41, 5.74) is 22.5. The molecule has 75 heavy (non-hydrogen) atoms. The normalized spacial score (nSPS) is 11.0. The van der Waals surface area contributed by atoms with Crippen LogP contribution in [0.4, 0.5) is 0 Å². The molecule has 0 saturated carbocycles. The van der Waals surface area contributed by atoms with Gasteiger partial charge in [-0.25, -0.2) is 0 Å². The third kappa shape index (κ3) is 11.0. The molecular formula is C71H50IrN3. The van der Waals surface area contributed by atoms with E-state index in [2.05, 4.69) is 228 Å². The van der Waals surface area contributed by atoms with Crippen molar-refractivity contribution in [3.63, 3.8) is 0 Å². The summed E-state index contributed by atoms with van der Waals surface area (Å²) in [6.07, 6.45) is 9.14. The molecule has 0 radical (unpaired) electrons. The van der Waals surface area contributed by atoms with Gasteiger partial charge in [-0.3, -0.25) is 0 Å². The number of hydrogen-bond acceptors (Lipinski definition) is 3. The number of hydrogen-bond donors (Lipinski definition) is 0. The molecular weight excluding hydrogens is 1090 g/mol. The summed E-state index contributed by atoms with van der Waals surface area (Å²) < 4.78 is 0. The van der Waals surface area contributed by atoms with Crippen LogP contribution in [-0.2, 0) is 45.8 Å². The van der Waals surface area contributed by atoms with Crippen molar-refractivity contribution >= 4 is 10.8 Å². The van der Waals surface area contributed by atoms with E-state index in [0.717, 1.165) is 92.5 Å². The van der Waals surface area contributed by atoms with Crippen molar-refractivity contribution in [2.24, 2.45) is 0 Å². The minimum atomic E-state index is 0. The molecule has 0 spiro atoms. The molecule has 358 valence electrons. The molecule has 0 atom stereocenters. The maximum Gasteiger partial charge on any atom is 3.00 e. The van der Waals surface area contributed by atoms with Crippen LogP contribution in [0.1, 0.15) is 22.3 Å². The minimum absolute atomic E-state index is 0. The third-order valence-corrected chi connectivity index (χ3v) is 14.0. The van der Waals surface area contributed by atoms with Crippen LogP contribution in [0.15, 0.2) is 255 Å². The summed E-state index contributed by atoms with van der Waals surface area (Å²) >= 11 is 0. The van der Waals surface area contributed by atoms with E-state index in [1.807, 2.05) is 55.0 Å². The van der Waals surface area contributed by atoms with Gasteiger partial charge in [0.2, 0.25) is 0 Å². The Morgan fingerprint density at radius 3 is 1.40 bits per heavy atom. The van der Waals surface area contributed by atoms with E-state index in [-0.39, 0.29) is 20.1 Å². The van der Waals surface area contributed by atoms with Gasteiger partial charge in [-0.2, -0.15) is 0 Å². The number of benzene rings is 9. The fourth-order valence-corrected chi connectivity index (χ4v) is 10.1. The van der Waals surface area contributed by atoms with E-state index < -0.39 is 0 Å². The second-order valence-corrected chi connectivity index (χ2v) is 18.8. The van der Waals surface area contributed by atoms with Gasteiger partial charge < -0.3 is 15.0 Å². The van der Waals surface area contributed by atoms with E-state index in [1.54, 1.807) is 0 Å². The molecule has 0 bridgehead atoms. The fraction of sp³-hybridized carbons (Fsp3) is 0.0563. The molecule has 3 nitrogen and oxygen atoms in total. The Kier molecular flexibility index (Phi) is 14.7. The van der Waals surface area contributed by atoms with E-state index in [0.29, 0.717) is 0 Å². The zero-order valence-electron chi connectivity index (χ0n) is 41.3. The summed E-state index contributed by atoms with van der Waals surface area (Å²) in [7, 11) is 0. The van der Waals surface area contributed by atoms with Crippen LogP contribution in [0.3, 0.4) is 0 Å².